The van der Waals surface area contributed by atoms with E-state index in [-0.39, 0.29) is 5.91 Å². The van der Waals surface area contributed by atoms with Gasteiger partial charge in [-0.15, -0.1) is 0 Å². The molecule has 0 atom stereocenters. The quantitative estimate of drug-likeness (QED) is 0.593. The number of anilines is 1. The van der Waals surface area contributed by atoms with Crippen molar-refractivity contribution < 1.29 is 4.79 Å². The molecule has 3 aromatic carbocycles. The van der Waals surface area contributed by atoms with Gasteiger partial charge in [0.05, 0.1) is 11.6 Å². The highest BCUT2D eigenvalue weighted by Gasteiger charge is 2.08. The molecule has 0 fully saturated rings. The largest absolute Gasteiger partial charge is 0.322 e. The Kier molecular flexibility index (Phi) is 7.55. The first kappa shape index (κ1) is 22.2. The molecule has 1 N–H and O–H groups in total. The molecule has 5 nitrogen and oxygen atoms in total. The van der Waals surface area contributed by atoms with Gasteiger partial charge in [0.15, 0.2) is 0 Å². The van der Waals surface area contributed by atoms with Crippen LogP contribution in [0.25, 0.3) is 11.1 Å². The van der Waals surface area contributed by atoms with Crippen LogP contribution < -0.4 is 5.32 Å². The Morgan fingerprint density at radius 1 is 0.903 bits per heavy atom. The Morgan fingerprint density at radius 2 is 1.55 bits per heavy atom. The summed E-state index contributed by atoms with van der Waals surface area (Å²) in [5, 5.41) is 11.9. The molecule has 0 heterocycles. The van der Waals surface area contributed by atoms with Crippen molar-refractivity contribution in [2.24, 2.45) is 0 Å². The van der Waals surface area contributed by atoms with Crippen LogP contribution in [0.3, 0.4) is 0 Å². The van der Waals surface area contributed by atoms with Gasteiger partial charge < -0.3 is 15.1 Å². The van der Waals surface area contributed by atoms with Crippen LogP contribution in [-0.4, -0.2) is 49.9 Å². The van der Waals surface area contributed by atoms with Gasteiger partial charge in [-0.1, -0.05) is 42.5 Å². The number of nitriles is 1. The molecule has 0 spiro atoms. The van der Waals surface area contributed by atoms with E-state index in [1.807, 2.05) is 24.3 Å². The maximum absolute atomic E-state index is 12.4. The van der Waals surface area contributed by atoms with E-state index < -0.39 is 0 Å². The van der Waals surface area contributed by atoms with E-state index in [1.165, 1.54) is 5.56 Å². The molecule has 0 saturated heterocycles. The lowest BCUT2D eigenvalue weighted by Crippen LogP contribution is -2.28. The lowest BCUT2D eigenvalue weighted by molar-refractivity contribution is 0.102. The predicted octanol–water partition coefficient (Wildman–Crippen LogP) is 4.47. The molecular weight excluding hydrogens is 384 g/mol. The molecule has 0 aliphatic rings. The molecule has 0 aliphatic carbocycles. The van der Waals surface area contributed by atoms with E-state index in [1.54, 1.807) is 24.3 Å². The smallest absolute Gasteiger partial charge is 0.255 e. The molecule has 0 aliphatic heterocycles. The van der Waals surface area contributed by atoms with Gasteiger partial charge in [-0.05, 0) is 68.2 Å². The van der Waals surface area contributed by atoms with Crippen LogP contribution >= 0.6 is 0 Å². The summed E-state index contributed by atoms with van der Waals surface area (Å²) in [6, 6.07) is 25.1. The van der Waals surface area contributed by atoms with Crippen LogP contribution in [0, 0.1) is 11.3 Å². The van der Waals surface area contributed by atoms with Crippen molar-refractivity contribution in [1.82, 2.24) is 9.80 Å². The summed E-state index contributed by atoms with van der Waals surface area (Å²) in [5.74, 6) is -0.229. The summed E-state index contributed by atoms with van der Waals surface area (Å²) in [5.41, 5.74) is 5.17. The minimum Gasteiger partial charge on any atom is -0.322 e. The van der Waals surface area contributed by atoms with Crippen molar-refractivity contribution >= 4 is 11.6 Å². The maximum Gasteiger partial charge on any atom is 0.255 e. The molecule has 5 heteroatoms. The second kappa shape index (κ2) is 10.5. The van der Waals surface area contributed by atoms with Crippen molar-refractivity contribution in [3.8, 4) is 17.2 Å². The number of benzene rings is 3. The number of nitrogens with one attached hydrogen (secondary N) is 1. The lowest BCUT2D eigenvalue weighted by atomic mass is 10.0. The van der Waals surface area contributed by atoms with Crippen molar-refractivity contribution in [1.29, 1.82) is 5.26 Å². The molecule has 3 aromatic rings. The van der Waals surface area contributed by atoms with Crippen LogP contribution in [0.4, 0.5) is 5.69 Å². The molecule has 3 rings (SSSR count). The van der Waals surface area contributed by atoms with Crippen molar-refractivity contribution in [2.75, 3.05) is 39.5 Å². The zero-order chi connectivity index (χ0) is 22.2. The maximum atomic E-state index is 12.4. The minimum atomic E-state index is -0.229. The highest BCUT2D eigenvalue weighted by Crippen LogP contribution is 2.22. The fourth-order valence-corrected chi connectivity index (χ4v) is 3.24. The molecule has 0 bridgehead atoms. The molecule has 0 aromatic heterocycles. The monoisotopic (exact) mass is 412 g/mol. The van der Waals surface area contributed by atoms with Gasteiger partial charge in [-0.2, -0.15) is 5.26 Å². The van der Waals surface area contributed by atoms with Crippen molar-refractivity contribution in [2.45, 2.75) is 6.54 Å². The van der Waals surface area contributed by atoms with E-state index in [2.05, 4.69) is 66.6 Å². The van der Waals surface area contributed by atoms with E-state index in [4.69, 9.17) is 5.26 Å². The summed E-state index contributed by atoms with van der Waals surface area (Å²) in [4.78, 5) is 16.9. The first-order valence-corrected chi connectivity index (χ1v) is 10.3. The van der Waals surface area contributed by atoms with Crippen LogP contribution in [0.5, 0.6) is 0 Å². The number of nitrogens with zero attached hydrogens (tertiary/aromatic N) is 3. The summed E-state index contributed by atoms with van der Waals surface area (Å²) in [7, 11) is 6.32. The van der Waals surface area contributed by atoms with Crippen molar-refractivity contribution in [3.05, 3.63) is 89.5 Å². The molecule has 0 unspecified atom stereocenters. The third-order valence-electron chi connectivity index (χ3n) is 5.07. The number of amides is 1. The second-order valence-corrected chi connectivity index (χ2v) is 7.96. The highest BCUT2D eigenvalue weighted by molar-refractivity contribution is 6.04. The van der Waals surface area contributed by atoms with Crippen LogP contribution in [0.1, 0.15) is 21.5 Å². The summed E-state index contributed by atoms with van der Waals surface area (Å²) < 4.78 is 0. The summed E-state index contributed by atoms with van der Waals surface area (Å²) in [6.07, 6.45) is 0. The molecule has 31 heavy (non-hydrogen) atoms. The van der Waals surface area contributed by atoms with Gasteiger partial charge >= 0.3 is 0 Å². The van der Waals surface area contributed by atoms with Crippen LogP contribution in [0.15, 0.2) is 72.8 Å². The Labute approximate surface area is 184 Å². The Morgan fingerprint density at radius 3 is 2.16 bits per heavy atom. The van der Waals surface area contributed by atoms with Crippen molar-refractivity contribution in [3.63, 3.8) is 0 Å². The standard InChI is InChI=1S/C26H28N4O/c1-29(2)15-16-30(3)19-20-7-9-22(10-8-20)23-11-13-25(14-12-23)28-26(31)24-6-4-5-21(17-24)18-27/h4-14,17H,15-16,19H2,1-3H3,(H,28,31). The molecule has 0 saturated carbocycles. The van der Waals surface area contributed by atoms with E-state index in [0.29, 0.717) is 11.1 Å². The average molecular weight is 413 g/mol. The number of likely N-dealkylation sites (N-methyl/N-ethyl adjacent to an activating group) is 2. The van der Waals surface area contributed by atoms with Gasteiger partial charge in [0.1, 0.15) is 0 Å². The Hall–Kier alpha value is -3.46. The summed E-state index contributed by atoms with van der Waals surface area (Å²) >= 11 is 0. The number of hydrogen-bond donors (Lipinski definition) is 1. The van der Waals surface area contributed by atoms with Gasteiger partial charge in [-0.25, -0.2) is 0 Å². The zero-order valence-electron chi connectivity index (χ0n) is 18.3. The average Bonchev–Trinajstić information content (AvgIpc) is 2.79. The van der Waals surface area contributed by atoms with Crippen LogP contribution in [-0.2, 0) is 6.54 Å². The Bertz CT molecular complexity index is 1050. The van der Waals surface area contributed by atoms with E-state index in [0.717, 1.165) is 36.4 Å². The van der Waals surface area contributed by atoms with Crippen LogP contribution in [0.2, 0.25) is 0 Å². The second-order valence-electron chi connectivity index (χ2n) is 7.96. The minimum absolute atomic E-state index is 0.229. The lowest BCUT2D eigenvalue weighted by Gasteiger charge is -2.19. The topological polar surface area (TPSA) is 59.4 Å². The van der Waals surface area contributed by atoms with Gasteiger partial charge in [0.25, 0.3) is 5.91 Å². The molecule has 1 amide bonds. The molecular formula is C26H28N4O. The number of hydrogen-bond acceptors (Lipinski definition) is 4. The highest BCUT2D eigenvalue weighted by atomic mass is 16.1. The third-order valence-corrected chi connectivity index (χ3v) is 5.07. The Balaban J connectivity index is 1.60. The fourth-order valence-electron chi connectivity index (χ4n) is 3.24. The molecule has 0 radical (unpaired) electrons. The fraction of sp³-hybridized carbons (Fsp3) is 0.231. The van der Waals surface area contributed by atoms with E-state index >= 15 is 0 Å². The zero-order valence-corrected chi connectivity index (χ0v) is 18.3. The first-order chi connectivity index (χ1) is 14.9. The first-order valence-electron chi connectivity index (χ1n) is 10.3. The SMILES string of the molecule is CN(C)CCN(C)Cc1ccc(-c2ccc(NC(=O)c3cccc(C#N)c3)cc2)cc1. The number of carbonyl (C=O) groups is 1. The molecule has 158 valence electrons. The summed E-state index contributed by atoms with van der Waals surface area (Å²) in [6.45, 7) is 3.00. The predicted molar refractivity (Wildman–Crippen MR) is 126 cm³/mol. The number of rotatable bonds is 8. The van der Waals surface area contributed by atoms with E-state index in [9.17, 15) is 4.79 Å². The number of carbonyl (C=O) groups excluding carboxylic acids is 1. The normalized spacial score (nSPS) is 10.8. The third kappa shape index (κ3) is 6.51. The van der Waals surface area contributed by atoms with Gasteiger partial charge in [-0.3, -0.25) is 4.79 Å². The van der Waals surface area contributed by atoms with Gasteiger partial charge in [0.2, 0.25) is 0 Å². The van der Waals surface area contributed by atoms with Gasteiger partial charge in [0, 0.05) is 30.9 Å².